The van der Waals surface area contributed by atoms with Crippen molar-refractivity contribution in [2.24, 2.45) is 0 Å². The third kappa shape index (κ3) is 8.39. The Labute approximate surface area is 318 Å². The van der Waals surface area contributed by atoms with Crippen LogP contribution in [-0.2, 0) is 6.54 Å². The van der Waals surface area contributed by atoms with Gasteiger partial charge in [-0.05, 0) is 129 Å². The van der Waals surface area contributed by atoms with Gasteiger partial charge < -0.3 is 9.13 Å². The normalized spacial score (nSPS) is 12.5. The SMILES string of the molecule is C=C/C=C\c1c(C)n(CC)c2ccc(-n3c(-c4ccccc4)cc(C)c(-c4ccccc4)c(C(/C=C\C)=C/CC)cc(C)c3/C(C)=C/C=C\CC)cc12. The fourth-order valence-electron chi connectivity index (χ4n) is 7.51. The molecule has 5 aromatic rings. The van der Waals surface area contributed by atoms with Crippen LogP contribution in [0.5, 0.6) is 0 Å². The van der Waals surface area contributed by atoms with Gasteiger partial charge in [0.05, 0.1) is 11.4 Å². The highest BCUT2D eigenvalue weighted by molar-refractivity contribution is 5.94. The third-order valence-corrected chi connectivity index (χ3v) is 9.85. The second-order valence-electron chi connectivity index (χ2n) is 13.5. The fraction of sp³-hybridized carbons (Fsp3) is 0.216. The quantitative estimate of drug-likeness (QED) is 0.115. The van der Waals surface area contributed by atoms with Crippen LogP contribution in [0.1, 0.15) is 81.1 Å². The number of fused-ring (bicyclic) bond motifs is 1. The third-order valence-electron chi connectivity index (χ3n) is 9.85. The molecule has 0 unspecified atom stereocenters. The van der Waals surface area contributed by atoms with Crippen LogP contribution in [0.4, 0.5) is 0 Å². The summed E-state index contributed by atoms with van der Waals surface area (Å²) in [6.07, 6.45) is 21.5. The van der Waals surface area contributed by atoms with Gasteiger partial charge in [-0.25, -0.2) is 0 Å². The maximum absolute atomic E-state index is 3.97. The standard InChI is InChI=1S/C51H56N2/c1-10-15-19-26-37(6)51-39(8)34-46(41(24-12-3)25-13-4)50(43-29-22-18-23-30-43)38(7)35-49(42-27-20-17-21-28-42)53(51)44-32-33-48-47(36-44)45(31-16-11-2)40(9)52(48)14-5/h11-12,15-36H,2,10,13-14H2,1,3-9H3/b19-15-,24-12-,31-16-,37-26+,41-25+,46-34?,49-35?,50-38?,51-39?. The van der Waals surface area contributed by atoms with Gasteiger partial charge in [0.2, 0.25) is 0 Å². The maximum Gasteiger partial charge on any atom is 0.0537 e. The Morgan fingerprint density at radius 2 is 1.47 bits per heavy atom. The lowest BCUT2D eigenvalue weighted by Gasteiger charge is -2.21. The average molecular weight is 697 g/mol. The van der Waals surface area contributed by atoms with Gasteiger partial charge in [-0.1, -0.05) is 136 Å². The molecule has 0 fully saturated rings. The summed E-state index contributed by atoms with van der Waals surface area (Å²) >= 11 is 0. The lowest BCUT2D eigenvalue weighted by Crippen LogP contribution is -2.07. The maximum atomic E-state index is 3.97. The van der Waals surface area contributed by atoms with E-state index in [2.05, 4.69) is 205 Å². The molecule has 0 aliphatic carbocycles. The van der Waals surface area contributed by atoms with Gasteiger partial charge in [0.25, 0.3) is 0 Å². The zero-order valence-corrected chi connectivity index (χ0v) is 33.1. The van der Waals surface area contributed by atoms with Crippen LogP contribution in [0.3, 0.4) is 0 Å². The second kappa shape index (κ2) is 18.2. The predicted octanol–water partition coefficient (Wildman–Crippen LogP) is 14.8. The molecular weight excluding hydrogens is 641 g/mol. The molecule has 0 saturated carbocycles. The monoisotopic (exact) mass is 696 g/mol. The van der Waals surface area contributed by atoms with Crippen molar-refractivity contribution in [3.8, 4) is 28.1 Å². The summed E-state index contributed by atoms with van der Waals surface area (Å²) in [7, 11) is 0. The van der Waals surface area contributed by atoms with Gasteiger partial charge in [-0.3, -0.25) is 0 Å². The van der Waals surface area contributed by atoms with Gasteiger partial charge in [0.1, 0.15) is 0 Å². The van der Waals surface area contributed by atoms with E-state index < -0.39 is 0 Å². The van der Waals surface area contributed by atoms with E-state index in [0.717, 1.165) is 42.0 Å². The summed E-state index contributed by atoms with van der Waals surface area (Å²) in [5.74, 6) is 0. The highest BCUT2D eigenvalue weighted by atomic mass is 15.0. The summed E-state index contributed by atoms with van der Waals surface area (Å²) in [5.41, 5.74) is 16.7. The van der Waals surface area contributed by atoms with E-state index >= 15 is 0 Å². The van der Waals surface area contributed by atoms with E-state index in [1.54, 1.807) is 0 Å². The summed E-state index contributed by atoms with van der Waals surface area (Å²) in [6, 6.07) is 33.6. The predicted molar refractivity (Wildman–Crippen MR) is 235 cm³/mol. The molecule has 270 valence electrons. The number of aryl methyl sites for hydroxylation is 3. The molecule has 0 aliphatic rings. The molecule has 2 aromatic heterocycles. The minimum Gasteiger partial charge on any atom is -0.345 e. The summed E-state index contributed by atoms with van der Waals surface area (Å²) in [6.45, 7) is 22.6. The molecule has 5 rings (SSSR count). The Morgan fingerprint density at radius 3 is 2.09 bits per heavy atom. The van der Waals surface area contributed by atoms with Gasteiger partial charge in [0.15, 0.2) is 0 Å². The zero-order chi connectivity index (χ0) is 37.9. The molecule has 2 nitrogen and oxygen atoms in total. The number of hydrogen-bond donors (Lipinski definition) is 0. The topological polar surface area (TPSA) is 9.86 Å². The first-order chi connectivity index (χ1) is 25.8. The largest absolute Gasteiger partial charge is 0.345 e. The molecule has 0 saturated heterocycles. The number of nitrogens with zero attached hydrogens (tertiary/aromatic N) is 2. The first-order valence-electron chi connectivity index (χ1n) is 19.1. The van der Waals surface area contributed by atoms with Crippen molar-refractivity contribution in [3.63, 3.8) is 0 Å². The summed E-state index contributed by atoms with van der Waals surface area (Å²) in [5, 5.41) is 1.23. The molecule has 0 atom stereocenters. The Hall–Kier alpha value is -5.60. The smallest absolute Gasteiger partial charge is 0.0537 e. The number of rotatable bonds is 12. The molecule has 0 spiro atoms. The highest BCUT2D eigenvalue weighted by Crippen LogP contribution is 2.38. The highest BCUT2D eigenvalue weighted by Gasteiger charge is 2.19. The van der Waals surface area contributed by atoms with Crippen LogP contribution in [0.15, 0.2) is 146 Å². The van der Waals surface area contributed by atoms with Crippen LogP contribution in [-0.4, -0.2) is 9.13 Å². The lowest BCUT2D eigenvalue weighted by atomic mass is 9.91. The van der Waals surface area contributed by atoms with Crippen LogP contribution in [0.2, 0.25) is 0 Å². The Morgan fingerprint density at radius 1 is 0.774 bits per heavy atom. The molecule has 0 bridgehead atoms. The van der Waals surface area contributed by atoms with Crippen LogP contribution >= 0.6 is 0 Å². The van der Waals surface area contributed by atoms with Crippen LogP contribution in [0.25, 0.3) is 56.2 Å². The van der Waals surface area contributed by atoms with Crippen LogP contribution in [0, 0.1) is 20.8 Å². The molecule has 0 amide bonds. The minimum atomic E-state index is 0.901. The van der Waals surface area contributed by atoms with E-state index in [9.17, 15) is 0 Å². The van der Waals surface area contributed by atoms with Crippen molar-refractivity contribution in [2.75, 3.05) is 0 Å². The molecule has 2 heteroatoms. The van der Waals surface area contributed by atoms with E-state index in [-0.39, 0.29) is 0 Å². The second-order valence-corrected chi connectivity index (χ2v) is 13.5. The van der Waals surface area contributed by atoms with Crippen LogP contribution < -0.4 is 0 Å². The molecule has 0 N–H and O–H groups in total. The summed E-state index contributed by atoms with van der Waals surface area (Å²) in [4.78, 5) is 0. The van der Waals surface area contributed by atoms with E-state index in [0.29, 0.717) is 0 Å². The van der Waals surface area contributed by atoms with E-state index in [1.165, 1.54) is 61.1 Å². The Kier molecular flexibility index (Phi) is 13.3. The number of hydrogen-bond acceptors (Lipinski definition) is 0. The minimum absolute atomic E-state index is 0.901. The Balaban J connectivity index is 2.13. The molecular formula is C51H56N2. The van der Waals surface area contributed by atoms with Crippen molar-refractivity contribution >= 4 is 28.1 Å². The number of aromatic nitrogens is 2. The molecule has 3 aromatic carbocycles. The first kappa shape index (κ1) is 38.6. The first-order valence-corrected chi connectivity index (χ1v) is 19.1. The molecule has 0 aliphatic heterocycles. The average Bonchev–Trinajstić information content (AvgIpc) is 3.46. The van der Waals surface area contributed by atoms with Gasteiger partial charge in [0, 0.05) is 34.4 Å². The van der Waals surface area contributed by atoms with Crippen molar-refractivity contribution in [1.82, 2.24) is 9.13 Å². The van der Waals surface area contributed by atoms with Crippen molar-refractivity contribution in [2.45, 2.75) is 74.8 Å². The van der Waals surface area contributed by atoms with Crippen molar-refractivity contribution in [1.29, 1.82) is 0 Å². The zero-order valence-electron chi connectivity index (χ0n) is 33.1. The number of benzene rings is 3. The van der Waals surface area contributed by atoms with Gasteiger partial charge in [-0.2, -0.15) is 0 Å². The Bertz CT molecular complexity index is 2280. The van der Waals surface area contributed by atoms with Gasteiger partial charge >= 0.3 is 0 Å². The van der Waals surface area contributed by atoms with E-state index in [4.69, 9.17) is 0 Å². The van der Waals surface area contributed by atoms with E-state index in [1.807, 2.05) is 12.2 Å². The van der Waals surface area contributed by atoms with Crippen molar-refractivity contribution in [3.05, 3.63) is 180 Å². The molecule has 53 heavy (non-hydrogen) atoms. The summed E-state index contributed by atoms with van der Waals surface area (Å²) < 4.78 is 4.91. The number of allylic oxidation sites excluding steroid dienone is 10. The van der Waals surface area contributed by atoms with Crippen molar-refractivity contribution < 1.29 is 0 Å². The molecule has 2 heterocycles. The van der Waals surface area contributed by atoms with Gasteiger partial charge in [-0.15, -0.1) is 0 Å². The lowest BCUT2D eigenvalue weighted by molar-refractivity contribution is 0.768. The molecule has 0 radical (unpaired) electrons. The fourth-order valence-corrected chi connectivity index (χ4v) is 7.51.